The third kappa shape index (κ3) is 5.09. The van der Waals surface area contributed by atoms with Crippen molar-refractivity contribution in [1.29, 1.82) is 0 Å². The molecule has 0 unspecified atom stereocenters. The molecule has 0 heterocycles. The van der Waals surface area contributed by atoms with E-state index in [1.807, 2.05) is 0 Å². The van der Waals surface area contributed by atoms with E-state index < -0.39 is 18.0 Å². The van der Waals surface area contributed by atoms with Crippen molar-refractivity contribution in [3.8, 4) is 0 Å². The zero-order valence-corrected chi connectivity index (χ0v) is 11.7. The highest BCUT2D eigenvalue weighted by atomic mass is 16.5. The first-order valence-electron chi connectivity index (χ1n) is 6.30. The van der Waals surface area contributed by atoms with Crippen LogP contribution in [0, 0.1) is 0 Å². The van der Waals surface area contributed by atoms with E-state index in [0.29, 0.717) is 11.4 Å². The fourth-order valence-electron chi connectivity index (χ4n) is 1.42. The number of esters is 1. The second kappa shape index (κ2) is 7.28. The van der Waals surface area contributed by atoms with Crippen LogP contribution < -0.4 is 10.6 Å². The summed E-state index contributed by atoms with van der Waals surface area (Å²) in [7, 11) is 0. The van der Waals surface area contributed by atoms with Crippen LogP contribution in [0.25, 0.3) is 0 Å². The van der Waals surface area contributed by atoms with Crippen LogP contribution in [0.4, 0.5) is 11.4 Å². The Morgan fingerprint density at radius 2 is 1.60 bits per heavy atom. The van der Waals surface area contributed by atoms with E-state index in [9.17, 15) is 14.4 Å². The first kappa shape index (κ1) is 15.7. The van der Waals surface area contributed by atoms with Gasteiger partial charge >= 0.3 is 5.97 Å². The lowest BCUT2D eigenvalue weighted by molar-refractivity contribution is -0.152. The third-order valence-electron chi connectivity index (χ3n) is 2.44. The topological polar surface area (TPSA) is 84.5 Å². The second-order valence-electron chi connectivity index (χ2n) is 4.23. The van der Waals surface area contributed by atoms with E-state index in [4.69, 9.17) is 4.74 Å². The predicted octanol–water partition coefficient (Wildman–Crippen LogP) is 1.93. The Balaban J connectivity index is 2.57. The van der Waals surface area contributed by atoms with E-state index in [0.717, 1.165) is 0 Å². The fourth-order valence-corrected chi connectivity index (χ4v) is 1.42. The number of rotatable bonds is 5. The summed E-state index contributed by atoms with van der Waals surface area (Å²) < 4.78 is 4.90. The number of hydrogen-bond acceptors (Lipinski definition) is 4. The Hall–Kier alpha value is -2.37. The van der Waals surface area contributed by atoms with Crippen LogP contribution in [0.5, 0.6) is 0 Å². The van der Waals surface area contributed by atoms with Gasteiger partial charge < -0.3 is 15.4 Å². The van der Waals surface area contributed by atoms with Crippen molar-refractivity contribution < 1.29 is 19.1 Å². The maximum Gasteiger partial charge on any atom is 0.306 e. The van der Waals surface area contributed by atoms with E-state index in [-0.39, 0.29) is 12.3 Å². The molecule has 0 fully saturated rings. The second-order valence-corrected chi connectivity index (χ2v) is 4.23. The standard InChI is InChI=1S/C14H18N2O4/c1-4-13(18)20-9(2)14(19)16-12-7-5-11(6-8-12)15-10(3)17/h5-9H,4H2,1-3H3,(H,15,17)(H,16,19)/t9-/m0/s1. The molecule has 1 aromatic carbocycles. The number of amides is 2. The molecular weight excluding hydrogens is 260 g/mol. The first-order chi connectivity index (χ1) is 9.42. The number of ether oxygens (including phenoxy) is 1. The Morgan fingerprint density at radius 1 is 1.10 bits per heavy atom. The summed E-state index contributed by atoms with van der Waals surface area (Å²) in [6.45, 7) is 4.59. The fraction of sp³-hybridized carbons (Fsp3) is 0.357. The zero-order chi connectivity index (χ0) is 15.1. The van der Waals surface area contributed by atoms with Crippen LogP contribution in [-0.2, 0) is 19.1 Å². The maximum absolute atomic E-state index is 11.8. The average molecular weight is 278 g/mol. The van der Waals surface area contributed by atoms with Gasteiger partial charge in [-0.2, -0.15) is 0 Å². The summed E-state index contributed by atoms with van der Waals surface area (Å²) in [6, 6.07) is 6.63. The minimum absolute atomic E-state index is 0.165. The quantitative estimate of drug-likeness (QED) is 0.806. The van der Waals surface area contributed by atoms with Gasteiger partial charge in [-0.3, -0.25) is 14.4 Å². The summed E-state index contributed by atoms with van der Waals surface area (Å²) in [6.07, 6.45) is -0.624. The molecule has 0 spiro atoms. The highest BCUT2D eigenvalue weighted by molar-refractivity contribution is 5.95. The van der Waals surface area contributed by atoms with Gasteiger partial charge in [0.1, 0.15) is 0 Å². The summed E-state index contributed by atoms with van der Waals surface area (Å²) >= 11 is 0. The summed E-state index contributed by atoms with van der Waals surface area (Å²) in [5, 5.41) is 5.24. The molecule has 0 aliphatic carbocycles. The summed E-state index contributed by atoms with van der Waals surface area (Å²) in [5.74, 6) is -0.991. The normalized spacial score (nSPS) is 11.3. The maximum atomic E-state index is 11.8. The molecule has 6 heteroatoms. The van der Waals surface area contributed by atoms with Crippen LogP contribution in [-0.4, -0.2) is 23.9 Å². The van der Waals surface area contributed by atoms with Crippen molar-refractivity contribution in [1.82, 2.24) is 0 Å². The SMILES string of the molecule is CCC(=O)O[C@@H](C)C(=O)Nc1ccc(NC(C)=O)cc1. The molecule has 2 amide bonds. The highest BCUT2D eigenvalue weighted by Gasteiger charge is 2.16. The Bertz CT molecular complexity index is 496. The van der Waals surface area contributed by atoms with Gasteiger partial charge in [-0.05, 0) is 31.2 Å². The highest BCUT2D eigenvalue weighted by Crippen LogP contribution is 2.14. The average Bonchev–Trinajstić information content (AvgIpc) is 2.40. The van der Waals surface area contributed by atoms with Gasteiger partial charge in [0.25, 0.3) is 5.91 Å². The molecule has 0 aliphatic heterocycles. The van der Waals surface area contributed by atoms with Gasteiger partial charge in [-0.15, -0.1) is 0 Å². The van der Waals surface area contributed by atoms with Gasteiger partial charge in [0, 0.05) is 24.7 Å². The molecule has 20 heavy (non-hydrogen) atoms. The molecule has 1 atom stereocenters. The van der Waals surface area contributed by atoms with Crippen LogP contribution in [0.15, 0.2) is 24.3 Å². The van der Waals surface area contributed by atoms with Gasteiger partial charge in [0.15, 0.2) is 6.10 Å². The van der Waals surface area contributed by atoms with E-state index in [1.54, 1.807) is 31.2 Å². The van der Waals surface area contributed by atoms with Gasteiger partial charge in [0.05, 0.1) is 0 Å². The molecule has 0 aliphatic rings. The monoisotopic (exact) mass is 278 g/mol. The predicted molar refractivity (Wildman–Crippen MR) is 75.2 cm³/mol. The van der Waals surface area contributed by atoms with Crippen molar-refractivity contribution in [3.63, 3.8) is 0 Å². The van der Waals surface area contributed by atoms with E-state index >= 15 is 0 Å². The number of nitrogens with one attached hydrogen (secondary N) is 2. The minimum Gasteiger partial charge on any atom is -0.453 e. The molecule has 0 saturated carbocycles. The molecule has 2 N–H and O–H groups in total. The number of hydrogen-bond donors (Lipinski definition) is 2. The molecule has 0 radical (unpaired) electrons. The molecule has 0 aromatic heterocycles. The lowest BCUT2D eigenvalue weighted by Gasteiger charge is -2.13. The van der Waals surface area contributed by atoms with Crippen molar-refractivity contribution in [3.05, 3.63) is 24.3 Å². The van der Waals surface area contributed by atoms with Gasteiger partial charge in [0.2, 0.25) is 5.91 Å². The molecule has 0 bridgehead atoms. The van der Waals surface area contributed by atoms with E-state index in [1.165, 1.54) is 13.8 Å². The molecule has 0 saturated heterocycles. The van der Waals surface area contributed by atoms with Crippen LogP contribution in [0.2, 0.25) is 0 Å². The van der Waals surface area contributed by atoms with Crippen LogP contribution >= 0.6 is 0 Å². The number of carbonyl (C=O) groups excluding carboxylic acids is 3. The molecule has 1 rings (SSSR count). The van der Waals surface area contributed by atoms with Gasteiger partial charge in [-0.1, -0.05) is 6.92 Å². The van der Waals surface area contributed by atoms with Crippen LogP contribution in [0.1, 0.15) is 27.2 Å². The Morgan fingerprint density at radius 3 is 2.05 bits per heavy atom. The van der Waals surface area contributed by atoms with Gasteiger partial charge in [-0.25, -0.2) is 0 Å². The van der Waals surface area contributed by atoms with E-state index in [2.05, 4.69) is 10.6 Å². The number of anilines is 2. The molecular formula is C14H18N2O4. The molecule has 108 valence electrons. The third-order valence-corrected chi connectivity index (χ3v) is 2.44. The van der Waals surface area contributed by atoms with Crippen molar-refractivity contribution >= 4 is 29.2 Å². The lowest BCUT2D eigenvalue weighted by atomic mass is 10.2. The summed E-state index contributed by atoms with van der Waals surface area (Å²) in [4.78, 5) is 33.7. The Kier molecular flexibility index (Phi) is 5.71. The summed E-state index contributed by atoms with van der Waals surface area (Å²) in [5.41, 5.74) is 1.20. The smallest absolute Gasteiger partial charge is 0.306 e. The van der Waals surface area contributed by atoms with Crippen molar-refractivity contribution in [2.24, 2.45) is 0 Å². The number of benzene rings is 1. The lowest BCUT2D eigenvalue weighted by Crippen LogP contribution is -2.29. The van der Waals surface area contributed by atoms with Crippen molar-refractivity contribution in [2.45, 2.75) is 33.3 Å². The largest absolute Gasteiger partial charge is 0.453 e. The molecule has 1 aromatic rings. The van der Waals surface area contributed by atoms with Crippen molar-refractivity contribution in [2.75, 3.05) is 10.6 Å². The van der Waals surface area contributed by atoms with Crippen LogP contribution in [0.3, 0.4) is 0 Å². The zero-order valence-electron chi connectivity index (χ0n) is 11.7. The minimum atomic E-state index is -0.850. The number of carbonyl (C=O) groups is 3. The molecule has 6 nitrogen and oxygen atoms in total. The Labute approximate surface area is 117 Å². The first-order valence-corrected chi connectivity index (χ1v) is 6.30.